The lowest BCUT2D eigenvalue weighted by Gasteiger charge is -2.18. The van der Waals surface area contributed by atoms with Crippen LogP contribution in [0.1, 0.15) is 20.8 Å². The summed E-state index contributed by atoms with van der Waals surface area (Å²) >= 11 is 0.955. The first-order valence-corrected chi connectivity index (χ1v) is 8.64. The van der Waals surface area contributed by atoms with E-state index in [4.69, 9.17) is 9.26 Å². The molecule has 0 aromatic rings. The van der Waals surface area contributed by atoms with E-state index in [1.54, 1.807) is 6.92 Å². The summed E-state index contributed by atoms with van der Waals surface area (Å²) < 4.78 is 21.1. The van der Waals surface area contributed by atoms with Gasteiger partial charge in [-0.2, -0.15) is 0 Å². The molecular weight excluding hydrogens is 249 g/mol. The molecule has 1 atom stereocenters. The number of nitrogens with zero attached hydrogens (tertiary/aromatic N) is 1. The molecule has 0 saturated heterocycles. The van der Waals surface area contributed by atoms with Crippen LogP contribution >= 0.6 is 18.2 Å². The van der Waals surface area contributed by atoms with Gasteiger partial charge in [-0.1, -0.05) is 13.8 Å². The summed E-state index contributed by atoms with van der Waals surface area (Å²) in [6, 6.07) is 0. The van der Waals surface area contributed by atoms with E-state index >= 15 is 0 Å². The van der Waals surface area contributed by atoms with Gasteiger partial charge in [-0.05, 0) is 31.4 Å². The maximum absolute atomic E-state index is 11.4. The largest absolute Gasteiger partial charge is 0.388 e. The van der Waals surface area contributed by atoms with Gasteiger partial charge in [-0.15, -0.1) is 0 Å². The van der Waals surface area contributed by atoms with E-state index in [1.165, 1.54) is 0 Å². The first kappa shape index (κ1) is 16.4. The molecule has 0 saturated carbocycles. The fourth-order valence-corrected chi connectivity index (χ4v) is 3.19. The molecule has 16 heavy (non-hydrogen) atoms. The minimum Gasteiger partial charge on any atom is -0.355 e. The molecule has 0 aromatic heterocycles. The summed E-state index contributed by atoms with van der Waals surface area (Å²) in [5.74, 6) is 0.585. The number of rotatable bonds is 10. The van der Waals surface area contributed by atoms with Crippen LogP contribution in [-0.4, -0.2) is 48.6 Å². The third-order valence-electron chi connectivity index (χ3n) is 2.06. The fraction of sp³-hybridized carbons (Fsp3) is 1.00. The van der Waals surface area contributed by atoms with Crippen LogP contribution in [0.25, 0.3) is 0 Å². The molecule has 0 heterocycles. The zero-order chi connectivity index (χ0) is 12.4. The van der Waals surface area contributed by atoms with Gasteiger partial charge in [0.15, 0.2) is 6.79 Å². The quantitative estimate of drug-likeness (QED) is 0.373. The van der Waals surface area contributed by atoms with Crippen LogP contribution in [0.4, 0.5) is 0 Å². The standard InChI is InChI=1S/C9H22NO4PS/c1-4-10(5-2)7-8-16-15(11,12)14-9-13-6-3/h4-9H2,1-3H3,(H,11,12). The molecule has 0 aliphatic rings. The summed E-state index contributed by atoms with van der Waals surface area (Å²) in [5.41, 5.74) is 0. The van der Waals surface area contributed by atoms with E-state index in [0.717, 1.165) is 31.0 Å². The number of ether oxygens (including phenoxy) is 1. The van der Waals surface area contributed by atoms with Crippen molar-refractivity contribution in [2.24, 2.45) is 0 Å². The van der Waals surface area contributed by atoms with Gasteiger partial charge in [0.1, 0.15) is 0 Å². The molecule has 0 aromatic carbocycles. The molecule has 1 N–H and O–H groups in total. The molecule has 0 fully saturated rings. The highest BCUT2D eigenvalue weighted by Crippen LogP contribution is 2.55. The Morgan fingerprint density at radius 3 is 2.44 bits per heavy atom. The number of hydrogen-bond acceptors (Lipinski definition) is 5. The first-order valence-electron chi connectivity index (χ1n) is 5.47. The molecule has 0 spiro atoms. The van der Waals surface area contributed by atoms with Crippen LogP contribution < -0.4 is 0 Å². The van der Waals surface area contributed by atoms with Gasteiger partial charge in [0.2, 0.25) is 0 Å². The van der Waals surface area contributed by atoms with Crippen molar-refractivity contribution in [2.75, 3.05) is 38.8 Å². The highest BCUT2D eigenvalue weighted by Gasteiger charge is 2.20. The van der Waals surface area contributed by atoms with Gasteiger partial charge in [-0.25, -0.2) is 4.57 Å². The Hall–Kier alpha value is 0.420. The van der Waals surface area contributed by atoms with E-state index in [-0.39, 0.29) is 6.79 Å². The van der Waals surface area contributed by atoms with Crippen molar-refractivity contribution in [3.63, 3.8) is 0 Å². The first-order chi connectivity index (χ1) is 7.55. The van der Waals surface area contributed by atoms with Crippen LogP contribution in [0.5, 0.6) is 0 Å². The number of hydrogen-bond donors (Lipinski definition) is 1. The monoisotopic (exact) mass is 271 g/mol. The predicted molar refractivity (Wildman–Crippen MR) is 67.6 cm³/mol. The van der Waals surface area contributed by atoms with Gasteiger partial charge >= 0.3 is 6.80 Å². The van der Waals surface area contributed by atoms with Crippen LogP contribution in [0.15, 0.2) is 0 Å². The summed E-state index contributed by atoms with van der Waals surface area (Å²) in [4.78, 5) is 11.6. The molecule has 0 amide bonds. The predicted octanol–water partition coefficient (Wildman–Crippen LogP) is 2.17. The topological polar surface area (TPSA) is 59.0 Å². The minimum atomic E-state index is -3.53. The Kier molecular flexibility index (Phi) is 9.70. The van der Waals surface area contributed by atoms with E-state index in [2.05, 4.69) is 18.7 Å². The Balaban J connectivity index is 3.68. The summed E-state index contributed by atoms with van der Waals surface area (Å²) in [5, 5.41) is 0. The molecule has 5 nitrogen and oxygen atoms in total. The van der Waals surface area contributed by atoms with Gasteiger partial charge in [0.05, 0.1) is 0 Å². The molecular formula is C9H22NO4PS. The van der Waals surface area contributed by atoms with Crippen molar-refractivity contribution >= 4 is 18.2 Å². The van der Waals surface area contributed by atoms with Crippen LogP contribution in [0.2, 0.25) is 0 Å². The molecule has 1 unspecified atom stereocenters. The van der Waals surface area contributed by atoms with Crippen molar-refractivity contribution in [2.45, 2.75) is 20.8 Å². The van der Waals surface area contributed by atoms with Crippen molar-refractivity contribution in [3.8, 4) is 0 Å². The van der Waals surface area contributed by atoms with E-state index < -0.39 is 6.80 Å². The van der Waals surface area contributed by atoms with Crippen LogP contribution in [0.3, 0.4) is 0 Å². The fourth-order valence-electron chi connectivity index (χ4n) is 1.05. The zero-order valence-electron chi connectivity index (χ0n) is 10.2. The zero-order valence-corrected chi connectivity index (χ0v) is 11.9. The molecule has 7 heteroatoms. The van der Waals surface area contributed by atoms with E-state index in [1.807, 2.05) is 0 Å². The van der Waals surface area contributed by atoms with Gasteiger partial charge in [0.25, 0.3) is 0 Å². The normalized spacial score (nSPS) is 15.3. The Morgan fingerprint density at radius 2 is 1.94 bits per heavy atom. The summed E-state index contributed by atoms with van der Waals surface area (Å²) in [7, 11) is 0. The Morgan fingerprint density at radius 1 is 1.31 bits per heavy atom. The second-order valence-electron chi connectivity index (χ2n) is 3.07. The van der Waals surface area contributed by atoms with Gasteiger partial charge in [0, 0.05) is 18.9 Å². The molecule has 0 bridgehead atoms. The lowest BCUT2D eigenvalue weighted by molar-refractivity contribution is 0.0195. The maximum atomic E-state index is 11.4. The lowest BCUT2D eigenvalue weighted by atomic mass is 10.5. The SMILES string of the molecule is CCOCOP(=O)(O)SCCN(CC)CC. The van der Waals surface area contributed by atoms with Crippen LogP contribution in [0, 0.1) is 0 Å². The molecule has 0 rings (SSSR count). The van der Waals surface area contributed by atoms with Crippen molar-refractivity contribution in [1.82, 2.24) is 4.90 Å². The smallest absolute Gasteiger partial charge is 0.355 e. The Labute approximate surface area is 102 Å². The molecule has 98 valence electrons. The minimum absolute atomic E-state index is 0.122. The lowest BCUT2D eigenvalue weighted by Crippen LogP contribution is -2.25. The second-order valence-corrected chi connectivity index (χ2v) is 7.09. The Bertz CT molecular complexity index is 214. The average Bonchev–Trinajstić information content (AvgIpc) is 2.24. The van der Waals surface area contributed by atoms with E-state index in [9.17, 15) is 9.46 Å². The maximum Gasteiger partial charge on any atom is 0.388 e. The van der Waals surface area contributed by atoms with Crippen molar-refractivity contribution < 1.29 is 18.7 Å². The summed E-state index contributed by atoms with van der Waals surface area (Å²) in [6.07, 6.45) is 0. The summed E-state index contributed by atoms with van der Waals surface area (Å²) in [6.45, 7) is 5.45. The highest BCUT2D eigenvalue weighted by molar-refractivity contribution is 8.54. The molecule has 0 aliphatic heterocycles. The van der Waals surface area contributed by atoms with Gasteiger partial charge < -0.3 is 14.5 Å². The van der Waals surface area contributed by atoms with Crippen molar-refractivity contribution in [1.29, 1.82) is 0 Å². The molecule has 0 radical (unpaired) electrons. The molecule has 0 aliphatic carbocycles. The van der Waals surface area contributed by atoms with Crippen molar-refractivity contribution in [3.05, 3.63) is 0 Å². The highest BCUT2D eigenvalue weighted by atomic mass is 32.7. The van der Waals surface area contributed by atoms with Gasteiger partial charge in [-0.3, -0.25) is 4.52 Å². The third-order valence-corrected chi connectivity index (χ3v) is 5.03. The third kappa shape index (κ3) is 8.56. The van der Waals surface area contributed by atoms with E-state index in [0.29, 0.717) is 12.4 Å². The van der Waals surface area contributed by atoms with Crippen LogP contribution in [-0.2, 0) is 13.8 Å². The second kappa shape index (κ2) is 9.45. The average molecular weight is 271 g/mol.